The molecule has 1 fully saturated rings. The van der Waals surface area contributed by atoms with Gasteiger partial charge < -0.3 is 4.74 Å². The molecule has 7 nitrogen and oxygen atoms in total. The number of benzene rings is 3. The molecule has 0 saturated carbocycles. The maximum absolute atomic E-state index is 13.6. The van der Waals surface area contributed by atoms with Crippen LogP contribution in [0.1, 0.15) is 23.2 Å². The van der Waals surface area contributed by atoms with Gasteiger partial charge in [0.2, 0.25) is 0 Å². The molecule has 0 radical (unpaired) electrons. The van der Waals surface area contributed by atoms with Gasteiger partial charge in [-0.25, -0.2) is 17.8 Å². The van der Waals surface area contributed by atoms with Crippen LogP contribution in [0.5, 0.6) is 0 Å². The molecule has 0 spiro atoms. The smallest absolute Gasteiger partial charge is 0.261 e. The summed E-state index contributed by atoms with van der Waals surface area (Å²) in [5.74, 6) is -0.802. The average Bonchev–Trinajstić information content (AvgIpc) is 3.52. The van der Waals surface area contributed by atoms with Crippen LogP contribution in [0.25, 0.3) is 10.2 Å². The van der Waals surface area contributed by atoms with Gasteiger partial charge >= 0.3 is 0 Å². The third-order valence-corrected chi connectivity index (χ3v) is 8.41. The van der Waals surface area contributed by atoms with E-state index in [1.54, 1.807) is 23.1 Å². The van der Waals surface area contributed by atoms with Gasteiger partial charge in [0.05, 0.1) is 27.8 Å². The highest BCUT2D eigenvalue weighted by molar-refractivity contribution is 7.92. The van der Waals surface area contributed by atoms with Gasteiger partial charge in [-0.05, 0) is 79.6 Å². The molecule has 1 aliphatic rings. The van der Waals surface area contributed by atoms with E-state index < -0.39 is 15.8 Å². The summed E-state index contributed by atoms with van der Waals surface area (Å²) < 4.78 is 47.4. The summed E-state index contributed by atoms with van der Waals surface area (Å²) in [5.41, 5.74) is 1.39. The number of hydrogen-bond donors (Lipinski definition) is 1. The van der Waals surface area contributed by atoms with Gasteiger partial charge in [0.15, 0.2) is 5.13 Å². The van der Waals surface area contributed by atoms with Crippen molar-refractivity contribution in [2.75, 3.05) is 22.8 Å². The predicted octanol–water partition coefficient (Wildman–Crippen LogP) is 5.72. The molecule has 2 heterocycles. The summed E-state index contributed by atoms with van der Waals surface area (Å²) in [6.45, 7) is 1.01. The Labute approximate surface area is 216 Å². The molecule has 4 aromatic rings. The molecule has 5 rings (SSSR count). The van der Waals surface area contributed by atoms with Crippen molar-refractivity contribution in [3.63, 3.8) is 0 Å². The summed E-state index contributed by atoms with van der Waals surface area (Å²) in [6.07, 6.45) is 1.70. The lowest BCUT2D eigenvalue weighted by Crippen LogP contribution is -2.37. The zero-order valence-electron chi connectivity index (χ0n) is 18.9. The molecule has 36 heavy (non-hydrogen) atoms. The van der Waals surface area contributed by atoms with E-state index in [0.29, 0.717) is 28.9 Å². The Morgan fingerprint density at radius 3 is 2.58 bits per heavy atom. The van der Waals surface area contributed by atoms with Crippen molar-refractivity contribution in [2.24, 2.45) is 0 Å². The number of fused-ring (bicyclic) bond motifs is 1. The number of nitrogens with zero attached hydrogens (tertiary/aromatic N) is 2. The number of halogens is 2. The number of carbonyl (C=O) groups is 1. The highest BCUT2D eigenvalue weighted by Gasteiger charge is 2.27. The first-order valence-electron chi connectivity index (χ1n) is 11.2. The minimum absolute atomic E-state index is 0.0669. The molecule has 0 aliphatic carbocycles. The number of thiazole rings is 1. The minimum atomic E-state index is -3.90. The molecule has 1 atom stereocenters. The van der Waals surface area contributed by atoms with E-state index in [9.17, 15) is 17.6 Å². The second-order valence-corrected chi connectivity index (χ2v) is 11.4. The molecule has 1 aromatic heterocycles. The van der Waals surface area contributed by atoms with Crippen LogP contribution in [0.15, 0.2) is 71.6 Å². The molecular formula is C25H21ClFN3O4S2. The molecule has 11 heteroatoms. The number of anilines is 2. The van der Waals surface area contributed by atoms with Gasteiger partial charge in [-0.3, -0.25) is 14.4 Å². The van der Waals surface area contributed by atoms with Crippen LogP contribution in [-0.4, -0.2) is 38.6 Å². The van der Waals surface area contributed by atoms with Crippen LogP contribution in [0.3, 0.4) is 0 Å². The van der Waals surface area contributed by atoms with Crippen LogP contribution in [-0.2, 0) is 14.8 Å². The van der Waals surface area contributed by atoms with Crippen molar-refractivity contribution in [1.29, 1.82) is 0 Å². The van der Waals surface area contributed by atoms with Crippen molar-refractivity contribution in [2.45, 2.75) is 23.8 Å². The first-order chi connectivity index (χ1) is 17.3. The van der Waals surface area contributed by atoms with Gasteiger partial charge in [-0.15, -0.1) is 0 Å². The zero-order valence-corrected chi connectivity index (χ0v) is 21.2. The molecule has 1 aliphatic heterocycles. The number of sulfonamides is 1. The fraction of sp³-hybridized carbons (Fsp3) is 0.200. The van der Waals surface area contributed by atoms with E-state index >= 15 is 0 Å². The molecule has 1 amide bonds. The SMILES string of the molecule is O=C(c1ccc(NS(=O)(=O)c2ccc(F)cc2)cc1)N(CC1CCCO1)c1nc2ccc(Cl)cc2s1. The Bertz CT molecular complexity index is 1500. The second-order valence-electron chi connectivity index (χ2n) is 8.30. The highest BCUT2D eigenvalue weighted by atomic mass is 35.5. The number of amides is 1. The molecule has 1 N–H and O–H groups in total. The largest absolute Gasteiger partial charge is 0.376 e. The van der Waals surface area contributed by atoms with E-state index in [-0.39, 0.29) is 22.6 Å². The number of nitrogens with one attached hydrogen (secondary N) is 1. The molecule has 1 saturated heterocycles. The Morgan fingerprint density at radius 2 is 1.89 bits per heavy atom. The predicted molar refractivity (Wildman–Crippen MR) is 139 cm³/mol. The summed E-state index contributed by atoms with van der Waals surface area (Å²) in [4.78, 5) is 19.7. The van der Waals surface area contributed by atoms with Gasteiger partial charge in [0, 0.05) is 22.9 Å². The lowest BCUT2D eigenvalue weighted by molar-refractivity contribution is 0.0917. The first kappa shape index (κ1) is 24.6. The number of hydrogen-bond acceptors (Lipinski definition) is 6. The number of carbonyl (C=O) groups excluding carboxylic acids is 1. The molecular weight excluding hydrogens is 525 g/mol. The Kier molecular flexibility index (Phi) is 6.94. The molecule has 0 bridgehead atoms. The van der Waals surface area contributed by atoms with Crippen molar-refractivity contribution >= 4 is 59.9 Å². The topological polar surface area (TPSA) is 88.6 Å². The van der Waals surface area contributed by atoms with Crippen molar-refractivity contribution < 1.29 is 22.3 Å². The summed E-state index contributed by atoms with van der Waals surface area (Å²) in [6, 6.07) is 16.0. The maximum Gasteiger partial charge on any atom is 0.261 e. The molecule has 186 valence electrons. The zero-order chi connectivity index (χ0) is 25.3. The highest BCUT2D eigenvalue weighted by Crippen LogP contribution is 2.32. The average molecular weight is 546 g/mol. The Balaban J connectivity index is 1.39. The summed E-state index contributed by atoms with van der Waals surface area (Å²) in [7, 11) is -3.90. The standard InChI is InChI=1S/C25H21ClFN3O4S2/c26-17-5-12-22-23(14-17)35-25(28-22)30(15-20-2-1-13-34-20)24(31)16-3-8-19(9-4-16)29-36(32,33)21-10-6-18(27)7-11-21/h3-12,14,20,29H,1-2,13,15H2. The third-order valence-electron chi connectivity index (χ3n) is 5.73. The molecule has 3 aromatic carbocycles. The van der Waals surface area contributed by atoms with Crippen LogP contribution in [0.4, 0.5) is 15.2 Å². The van der Waals surface area contributed by atoms with E-state index in [1.807, 2.05) is 12.1 Å². The lowest BCUT2D eigenvalue weighted by atomic mass is 10.1. The van der Waals surface area contributed by atoms with Crippen LogP contribution in [0, 0.1) is 5.82 Å². The van der Waals surface area contributed by atoms with Gasteiger partial charge in [-0.2, -0.15) is 0 Å². The normalized spacial score (nSPS) is 15.8. The maximum atomic E-state index is 13.6. The first-order valence-corrected chi connectivity index (χ1v) is 13.8. The lowest BCUT2D eigenvalue weighted by Gasteiger charge is -2.23. The fourth-order valence-corrected chi connectivity index (χ4v) is 6.21. The number of rotatable bonds is 7. The monoisotopic (exact) mass is 545 g/mol. The Hall–Kier alpha value is -3.05. The second kappa shape index (κ2) is 10.1. The summed E-state index contributed by atoms with van der Waals surface area (Å²) in [5, 5.41) is 1.13. The summed E-state index contributed by atoms with van der Waals surface area (Å²) >= 11 is 7.49. The Morgan fingerprint density at radius 1 is 1.14 bits per heavy atom. The van der Waals surface area contributed by atoms with Crippen molar-refractivity contribution in [3.05, 3.63) is 83.1 Å². The quantitative estimate of drug-likeness (QED) is 0.321. The van der Waals surface area contributed by atoms with Crippen LogP contribution < -0.4 is 9.62 Å². The minimum Gasteiger partial charge on any atom is -0.376 e. The number of ether oxygens (including phenoxy) is 1. The van der Waals surface area contributed by atoms with E-state index in [0.717, 1.165) is 35.2 Å². The molecule has 1 unspecified atom stereocenters. The van der Waals surface area contributed by atoms with E-state index in [1.165, 1.54) is 35.6 Å². The van der Waals surface area contributed by atoms with Crippen molar-refractivity contribution in [1.82, 2.24) is 4.98 Å². The van der Waals surface area contributed by atoms with Crippen molar-refractivity contribution in [3.8, 4) is 0 Å². The fourth-order valence-electron chi connectivity index (χ4n) is 3.91. The van der Waals surface area contributed by atoms with Gasteiger partial charge in [0.1, 0.15) is 5.82 Å². The van der Waals surface area contributed by atoms with E-state index in [4.69, 9.17) is 16.3 Å². The van der Waals surface area contributed by atoms with E-state index in [2.05, 4.69) is 9.71 Å². The van der Waals surface area contributed by atoms with Gasteiger partial charge in [-0.1, -0.05) is 22.9 Å². The van der Waals surface area contributed by atoms with Gasteiger partial charge in [0.25, 0.3) is 15.9 Å². The third kappa shape index (κ3) is 5.36. The van der Waals surface area contributed by atoms with Crippen LogP contribution in [0.2, 0.25) is 5.02 Å². The van der Waals surface area contributed by atoms with Crippen LogP contribution >= 0.6 is 22.9 Å². The number of aromatic nitrogens is 1.